The Labute approximate surface area is 242 Å². The second kappa shape index (κ2) is 12.4. The van der Waals surface area contributed by atoms with E-state index in [1.807, 2.05) is 21.0 Å². The average molecular weight is 579 g/mol. The van der Waals surface area contributed by atoms with Gasteiger partial charge in [0.15, 0.2) is 0 Å². The first kappa shape index (κ1) is 29.3. The largest absolute Gasteiger partial charge is 0.395 e. The topological polar surface area (TPSA) is 99.2 Å². The maximum Gasteiger partial charge on any atom is 0.395 e. The van der Waals surface area contributed by atoms with E-state index < -0.39 is 23.9 Å². The molecule has 2 N–H and O–H groups in total. The number of likely N-dealkylation sites (N-methyl/N-ethyl adjacent to an activating group) is 1. The third-order valence-corrected chi connectivity index (χ3v) is 7.72. The minimum Gasteiger partial charge on any atom is -0.324 e. The lowest BCUT2D eigenvalue weighted by Gasteiger charge is -2.31. The Morgan fingerprint density at radius 1 is 1.10 bits per heavy atom. The lowest BCUT2D eigenvalue weighted by Crippen LogP contribution is -2.39. The van der Waals surface area contributed by atoms with Gasteiger partial charge in [0.25, 0.3) is 5.91 Å². The zero-order valence-electron chi connectivity index (χ0n) is 23.6. The molecular formula is C30H33F3N8O. The van der Waals surface area contributed by atoms with Crippen molar-refractivity contribution in [2.24, 2.45) is 11.8 Å². The molecule has 1 amide bonds. The van der Waals surface area contributed by atoms with Crippen LogP contribution in [0.5, 0.6) is 0 Å². The molecule has 12 heteroatoms. The molecule has 1 aliphatic carbocycles. The van der Waals surface area contributed by atoms with E-state index in [1.165, 1.54) is 18.5 Å². The minimum absolute atomic E-state index is 0.0138. The molecule has 3 atom stereocenters. The molecule has 3 aromatic rings. The lowest BCUT2D eigenvalue weighted by molar-refractivity contribution is -0.171. The summed E-state index contributed by atoms with van der Waals surface area (Å²) in [6.45, 7) is 3.67. The van der Waals surface area contributed by atoms with E-state index in [4.69, 9.17) is 0 Å². The van der Waals surface area contributed by atoms with Gasteiger partial charge in [-0.1, -0.05) is 24.3 Å². The Hall–Kier alpha value is -4.16. The molecule has 5 rings (SSSR count). The van der Waals surface area contributed by atoms with E-state index in [0.29, 0.717) is 29.9 Å². The predicted octanol–water partition coefficient (Wildman–Crippen LogP) is 4.85. The summed E-state index contributed by atoms with van der Waals surface area (Å²) < 4.78 is 42.3. The number of amides is 1. The van der Waals surface area contributed by atoms with Crippen LogP contribution < -0.4 is 10.6 Å². The van der Waals surface area contributed by atoms with Crippen molar-refractivity contribution in [3.05, 3.63) is 78.7 Å². The number of hydrogen-bond acceptors (Lipinski definition) is 8. The molecule has 1 saturated heterocycles. The van der Waals surface area contributed by atoms with Crippen LogP contribution in [0, 0.1) is 18.8 Å². The summed E-state index contributed by atoms with van der Waals surface area (Å²) in [7, 11) is 3.97. The molecular weight excluding hydrogens is 545 g/mol. The normalized spacial score (nSPS) is 20.9. The van der Waals surface area contributed by atoms with Crippen molar-refractivity contribution >= 4 is 23.2 Å². The van der Waals surface area contributed by atoms with E-state index in [1.54, 1.807) is 43.0 Å². The maximum absolute atomic E-state index is 14.1. The number of carbonyl (C=O) groups excluding carboxylic acids is 1. The minimum atomic E-state index is -4.47. The monoisotopic (exact) mass is 578 g/mol. The van der Waals surface area contributed by atoms with E-state index in [2.05, 4.69) is 40.4 Å². The van der Waals surface area contributed by atoms with Crippen molar-refractivity contribution in [2.45, 2.75) is 25.6 Å². The van der Waals surface area contributed by atoms with Crippen molar-refractivity contribution in [3.63, 3.8) is 0 Å². The van der Waals surface area contributed by atoms with Gasteiger partial charge in [-0.15, -0.1) is 0 Å². The van der Waals surface area contributed by atoms with Gasteiger partial charge in [-0.25, -0.2) is 19.9 Å². The van der Waals surface area contributed by atoms with Gasteiger partial charge in [-0.05, 0) is 51.7 Å². The molecule has 3 heterocycles. The van der Waals surface area contributed by atoms with Gasteiger partial charge < -0.3 is 20.4 Å². The standard InChI is InChI=1S/C30H33F3N8O/c1-19-4-7-24(11-27(19)39-29-36-14-23(15-37-29)22-12-34-18-35-13-22)38-28(42)20-5-6-21(26(10-20)30(31,32)33)16-41-9-8-25(17-41)40(2)3/h4-7,10-15,18,21,25-26H,8-9,16-17H2,1-3H3,(H,38,42)(H,36,37,39)/t21?,25-,26?/m0/s1. The van der Waals surface area contributed by atoms with Crippen LogP contribution >= 0.6 is 0 Å². The fourth-order valence-electron chi connectivity index (χ4n) is 5.23. The Bertz CT molecular complexity index is 1460. The number of carbonyl (C=O) groups is 1. The number of anilines is 3. The van der Waals surface area contributed by atoms with Gasteiger partial charge in [0.05, 0.1) is 5.92 Å². The molecule has 0 spiro atoms. The number of nitrogens with one attached hydrogen (secondary N) is 2. The van der Waals surface area contributed by atoms with Gasteiger partial charge in [0.2, 0.25) is 5.95 Å². The molecule has 1 aliphatic heterocycles. The van der Waals surface area contributed by atoms with Crippen LogP contribution in [0.15, 0.2) is 73.1 Å². The quantitative estimate of drug-likeness (QED) is 0.392. The van der Waals surface area contributed by atoms with E-state index >= 15 is 0 Å². The molecule has 0 saturated carbocycles. The fraction of sp³-hybridized carbons (Fsp3) is 0.367. The number of rotatable bonds is 8. The number of benzene rings is 1. The number of aryl methyl sites for hydroxylation is 1. The molecule has 2 unspecified atom stereocenters. The van der Waals surface area contributed by atoms with Crippen molar-refractivity contribution in [3.8, 4) is 11.1 Å². The van der Waals surface area contributed by atoms with Crippen molar-refractivity contribution in [2.75, 3.05) is 44.4 Å². The van der Waals surface area contributed by atoms with E-state index in [9.17, 15) is 18.0 Å². The summed E-state index contributed by atoms with van der Waals surface area (Å²) in [6, 6.07) is 5.53. The zero-order valence-corrected chi connectivity index (χ0v) is 23.6. The summed E-state index contributed by atoms with van der Waals surface area (Å²) in [5.41, 5.74) is 3.46. The summed E-state index contributed by atoms with van der Waals surface area (Å²) in [4.78, 5) is 33.9. The second-order valence-corrected chi connectivity index (χ2v) is 10.9. The van der Waals surface area contributed by atoms with Gasteiger partial charge >= 0.3 is 6.18 Å². The SMILES string of the molecule is Cc1ccc(NC(=O)C2=CC(C(F)(F)F)C(CN3CC[C@H](N(C)C)C3)C=C2)cc1Nc1ncc(-c2cncnc2)cn1. The molecule has 42 heavy (non-hydrogen) atoms. The van der Waals surface area contributed by atoms with Crippen LogP contribution in [-0.4, -0.2) is 81.6 Å². The molecule has 9 nitrogen and oxygen atoms in total. The van der Waals surface area contributed by atoms with Gasteiger partial charge in [-0.2, -0.15) is 13.2 Å². The van der Waals surface area contributed by atoms with E-state index in [0.717, 1.165) is 42.3 Å². The van der Waals surface area contributed by atoms with Gasteiger partial charge in [0.1, 0.15) is 6.33 Å². The molecule has 0 radical (unpaired) electrons. The zero-order chi connectivity index (χ0) is 29.9. The third-order valence-electron chi connectivity index (χ3n) is 7.72. The summed E-state index contributed by atoms with van der Waals surface area (Å²) >= 11 is 0. The summed E-state index contributed by atoms with van der Waals surface area (Å²) in [5.74, 6) is -2.75. The van der Waals surface area contributed by atoms with Crippen LogP contribution in [0.2, 0.25) is 0 Å². The first-order valence-electron chi connectivity index (χ1n) is 13.7. The number of allylic oxidation sites excluding steroid dienone is 1. The van der Waals surface area contributed by atoms with Crippen LogP contribution in [0.4, 0.5) is 30.5 Å². The predicted molar refractivity (Wildman–Crippen MR) is 155 cm³/mol. The van der Waals surface area contributed by atoms with Crippen molar-refractivity contribution in [1.82, 2.24) is 29.7 Å². The first-order valence-corrected chi connectivity index (χ1v) is 13.7. The number of likely N-dealkylation sites (tertiary alicyclic amines) is 1. The fourth-order valence-corrected chi connectivity index (χ4v) is 5.23. The van der Waals surface area contributed by atoms with Crippen molar-refractivity contribution < 1.29 is 18.0 Å². The molecule has 220 valence electrons. The number of aromatic nitrogens is 4. The van der Waals surface area contributed by atoms with Crippen molar-refractivity contribution in [1.29, 1.82) is 0 Å². The lowest BCUT2D eigenvalue weighted by atomic mass is 9.84. The highest BCUT2D eigenvalue weighted by Gasteiger charge is 2.45. The third kappa shape index (κ3) is 7.00. The molecule has 2 aliphatic rings. The number of alkyl halides is 3. The highest BCUT2D eigenvalue weighted by Crippen LogP contribution is 2.38. The smallest absolute Gasteiger partial charge is 0.324 e. The molecule has 1 aromatic carbocycles. The summed E-state index contributed by atoms with van der Waals surface area (Å²) in [5, 5.41) is 5.87. The number of halogens is 3. The van der Waals surface area contributed by atoms with Gasteiger partial charge in [-0.3, -0.25) is 4.79 Å². The number of hydrogen-bond donors (Lipinski definition) is 2. The van der Waals surface area contributed by atoms with Crippen LogP contribution in [-0.2, 0) is 4.79 Å². The first-order chi connectivity index (χ1) is 20.1. The highest BCUT2D eigenvalue weighted by molar-refractivity contribution is 6.06. The van der Waals surface area contributed by atoms with Crippen LogP contribution in [0.3, 0.4) is 0 Å². The average Bonchev–Trinajstić information content (AvgIpc) is 3.44. The molecule has 0 bridgehead atoms. The van der Waals surface area contributed by atoms with Crippen LogP contribution in [0.1, 0.15) is 12.0 Å². The molecule has 1 fully saturated rings. The number of nitrogens with zero attached hydrogens (tertiary/aromatic N) is 6. The highest BCUT2D eigenvalue weighted by atomic mass is 19.4. The Balaban J connectivity index is 1.25. The molecule has 2 aromatic heterocycles. The Morgan fingerprint density at radius 3 is 2.48 bits per heavy atom. The van der Waals surface area contributed by atoms with E-state index in [-0.39, 0.29) is 5.57 Å². The Kier molecular flexibility index (Phi) is 8.64. The second-order valence-electron chi connectivity index (χ2n) is 10.9. The maximum atomic E-state index is 14.1. The van der Waals surface area contributed by atoms with Gasteiger partial charge in [0, 0.05) is 77.9 Å². The summed E-state index contributed by atoms with van der Waals surface area (Å²) in [6.07, 6.45) is 8.61. The Morgan fingerprint density at radius 2 is 1.81 bits per heavy atom. The van der Waals surface area contributed by atoms with Crippen LogP contribution in [0.25, 0.3) is 11.1 Å².